The van der Waals surface area contributed by atoms with Crippen LogP contribution in [-0.2, 0) is 19.4 Å². The lowest BCUT2D eigenvalue weighted by Gasteiger charge is -2.08. The van der Waals surface area contributed by atoms with Crippen LogP contribution < -0.4 is 4.74 Å². The van der Waals surface area contributed by atoms with Crippen molar-refractivity contribution in [3.63, 3.8) is 0 Å². The monoisotopic (exact) mass is 429 g/mol. The predicted octanol–water partition coefficient (Wildman–Crippen LogP) is 3.59. The van der Waals surface area contributed by atoms with Crippen molar-refractivity contribution < 1.29 is 9.13 Å². The van der Waals surface area contributed by atoms with Crippen molar-refractivity contribution in [3.8, 4) is 17.4 Å². The molecule has 3 aromatic heterocycles. The van der Waals surface area contributed by atoms with Gasteiger partial charge in [0.15, 0.2) is 17.4 Å². The molecule has 0 radical (unpaired) electrons. The average molecular weight is 429 g/mol. The van der Waals surface area contributed by atoms with Crippen LogP contribution >= 0.6 is 0 Å². The summed E-state index contributed by atoms with van der Waals surface area (Å²) < 4.78 is 20.9. The first-order valence-corrected chi connectivity index (χ1v) is 10.2. The number of halogens is 1. The number of hydrogen-bond donors (Lipinski definition) is 1. The van der Waals surface area contributed by atoms with Crippen molar-refractivity contribution in [2.45, 2.75) is 19.4 Å². The molecule has 5 aromatic rings. The molecule has 0 fully saturated rings. The van der Waals surface area contributed by atoms with Gasteiger partial charge in [0.25, 0.3) is 0 Å². The van der Waals surface area contributed by atoms with Gasteiger partial charge in [-0.2, -0.15) is 5.10 Å². The highest BCUT2D eigenvalue weighted by atomic mass is 19.1. The Labute approximate surface area is 183 Å². The van der Waals surface area contributed by atoms with E-state index >= 15 is 0 Å². The lowest BCUT2D eigenvalue weighted by Crippen LogP contribution is -2.09. The van der Waals surface area contributed by atoms with E-state index in [1.165, 1.54) is 19.5 Å². The van der Waals surface area contributed by atoms with Crippen molar-refractivity contribution in [2.24, 2.45) is 0 Å². The van der Waals surface area contributed by atoms with E-state index in [0.717, 1.165) is 28.0 Å². The maximum atomic E-state index is 14.1. The summed E-state index contributed by atoms with van der Waals surface area (Å²) in [5.74, 6) is 1.55. The third-order valence-electron chi connectivity index (χ3n) is 5.20. The first-order valence-electron chi connectivity index (χ1n) is 10.2. The minimum atomic E-state index is -0.380. The minimum absolute atomic E-state index is 0.229. The number of aromatic nitrogens is 7. The van der Waals surface area contributed by atoms with Crippen molar-refractivity contribution in [3.05, 3.63) is 83.8 Å². The Bertz CT molecular complexity index is 1360. The fraction of sp³-hybridized carbons (Fsp3) is 0.174. The van der Waals surface area contributed by atoms with Crippen molar-refractivity contribution in [1.82, 2.24) is 34.9 Å². The van der Waals surface area contributed by atoms with Gasteiger partial charge in [0.2, 0.25) is 5.82 Å². The Balaban J connectivity index is 1.43. The molecule has 8 nitrogen and oxygen atoms in total. The number of methoxy groups -OCH3 is 1. The Kier molecular flexibility index (Phi) is 5.29. The molecule has 9 heteroatoms. The van der Waals surface area contributed by atoms with Gasteiger partial charge in [-0.05, 0) is 36.2 Å². The van der Waals surface area contributed by atoms with Gasteiger partial charge in [0.1, 0.15) is 12.2 Å². The summed E-state index contributed by atoms with van der Waals surface area (Å²) in [6, 6.07) is 17.0. The van der Waals surface area contributed by atoms with Gasteiger partial charge in [-0.1, -0.05) is 30.3 Å². The number of benzene rings is 2. The summed E-state index contributed by atoms with van der Waals surface area (Å²) in [6.07, 6.45) is 2.59. The first-order chi connectivity index (χ1) is 15.7. The molecule has 0 aliphatic carbocycles. The number of pyridine rings is 1. The van der Waals surface area contributed by atoms with E-state index < -0.39 is 0 Å². The van der Waals surface area contributed by atoms with Gasteiger partial charge >= 0.3 is 0 Å². The van der Waals surface area contributed by atoms with Crippen molar-refractivity contribution in [1.29, 1.82) is 0 Å². The Morgan fingerprint density at radius 3 is 2.75 bits per heavy atom. The Hall–Kier alpha value is -4.14. The fourth-order valence-electron chi connectivity index (χ4n) is 3.57. The molecule has 0 saturated carbocycles. The standard InChI is InChI=1S/C23H20FN7O/c1-32-20-10-6-15(12-18(20)24)7-11-21-28-23(22-25-14-26-29-22)30-31(21)13-17-9-8-16-4-2-3-5-19(16)27-17/h2-6,8-10,12,14H,7,11,13H2,1H3,(H,25,26,29). The zero-order chi connectivity index (χ0) is 21.9. The summed E-state index contributed by atoms with van der Waals surface area (Å²) in [4.78, 5) is 13.6. The van der Waals surface area contributed by atoms with Crippen LogP contribution in [0.15, 0.2) is 60.9 Å². The van der Waals surface area contributed by atoms with E-state index in [1.54, 1.807) is 6.07 Å². The van der Waals surface area contributed by atoms with Gasteiger partial charge in [0.05, 0.1) is 24.9 Å². The Morgan fingerprint density at radius 1 is 1.03 bits per heavy atom. The molecular formula is C23H20FN7O. The predicted molar refractivity (Wildman–Crippen MR) is 117 cm³/mol. The van der Waals surface area contributed by atoms with Crippen LogP contribution in [0.3, 0.4) is 0 Å². The second-order valence-corrected chi connectivity index (χ2v) is 7.31. The minimum Gasteiger partial charge on any atom is -0.494 e. The van der Waals surface area contributed by atoms with Crippen LogP contribution in [0.4, 0.5) is 4.39 Å². The summed E-state index contributed by atoms with van der Waals surface area (Å²) in [5, 5.41) is 12.4. The second-order valence-electron chi connectivity index (χ2n) is 7.31. The number of nitrogens with zero attached hydrogens (tertiary/aromatic N) is 6. The molecule has 32 heavy (non-hydrogen) atoms. The summed E-state index contributed by atoms with van der Waals surface area (Å²) in [7, 11) is 1.45. The maximum absolute atomic E-state index is 14.1. The van der Waals surface area contributed by atoms with E-state index in [4.69, 9.17) is 9.72 Å². The molecular weight excluding hydrogens is 409 g/mol. The van der Waals surface area contributed by atoms with Gasteiger partial charge < -0.3 is 4.74 Å². The zero-order valence-electron chi connectivity index (χ0n) is 17.4. The summed E-state index contributed by atoms with van der Waals surface area (Å²) in [6.45, 7) is 0.457. The zero-order valence-corrected chi connectivity index (χ0v) is 17.4. The lowest BCUT2D eigenvalue weighted by molar-refractivity contribution is 0.386. The molecule has 0 amide bonds. The molecule has 2 aromatic carbocycles. The molecule has 3 heterocycles. The number of hydrogen-bond acceptors (Lipinski definition) is 6. The largest absolute Gasteiger partial charge is 0.494 e. The fourth-order valence-corrected chi connectivity index (χ4v) is 3.57. The van der Waals surface area contributed by atoms with Crippen LogP contribution in [-0.4, -0.2) is 42.0 Å². The molecule has 0 unspecified atom stereocenters. The van der Waals surface area contributed by atoms with Crippen LogP contribution in [0, 0.1) is 5.82 Å². The van der Waals surface area contributed by atoms with Crippen LogP contribution in [0.2, 0.25) is 0 Å². The molecule has 5 rings (SSSR count). The maximum Gasteiger partial charge on any atom is 0.218 e. The topological polar surface area (TPSA) is 94.4 Å². The number of para-hydroxylation sites is 1. The lowest BCUT2D eigenvalue weighted by atomic mass is 10.1. The number of nitrogens with one attached hydrogen (secondary N) is 1. The van der Waals surface area contributed by atoms with E-state index in [1.807, 2.05) is 47.1 Å². The van der Waals surface area contributed by atoms with Gasteiger partial charge in [-0.25, -0.2) is 19.0 Å². The van der Waals surface area contributed by atoms with Crippen LogP contribution in [0.5, 0.6) is 5.75 Å². The number of aryl methyl sites for hydroxylation is 2. The van der Waals surface area contributed by atoms with Gasteiger partial charge in [-0.15, -0.1) is 5.10 Å². The first kappa shape index (κ1) is 19.8. The third kappa shape index (κ3) is 4.04. The number of H-pyrrole nitrogens is 1. The highest BCUT2D eigenvalue weighted by molar-refractivity contribution is 5.78. The van der Waals surface area contributed by atoms with E-state index in [0.29, 0.717) is 31.0 Å². The summed E-state index contributed by atoms with van der Waals surface area (Å²) in [5.41, 5.74) is 2.65. The SMILES string of the molecule is COc1ccc(CCc2nc(-c3ncn[nH]3)nn2Cc2ccc3ccccc3n2)cc1F. The molecule has 1 N–H and O–H groups in total. The molecule has 0 spiro atoms. The normalized spacial score (nSPS) is 11.2. The van der Waals surface area contributed by atoms with Crippen LogP contribution in [0.25, 0.3) is 22.6 Å². The number of fused-ring (bicyclic) bond motifs is 1. The van der Waals surface area contributed by atoms with E-state index in [-0.39, 0.29) is 11.6 Å². The number of aromatic amines is 1. The van der Waals surface area contributed by atoms with E-state index in [9.17, 15) is 4.39 Å². The van der Waals surface area contributed by atoms with E-state index in [2.05, 4.69) is 25.3 Å². The number of ether oxygens (including phenoxy) is 1. The van der Waals surface area contributed by atoms with Gasteiger partial charge in [-0.3, -0.25) is 10.1 Å². The third-order valence-corrected chi connectivity index (χ3v) is 5.20. The second kappa shape index (κ2) is 8.54. The molecule has 0 bridgehead atoms. The van der Waals surface area contributed by atoms with Crippen molar-refractivity contribution in [2.75, 3.05) is 7.11 Å². The highest BCUT2D eigenvalue weighted by Gasteiger charge is 2.15. The van der Waals surface area contributed by atoms with Crippen molar-refractivity contribution >= 4 is 10.9 Å². The number of rotatable bonds is 7. The smallest absolute Gasteiger partial charge is 0.218 e. The molecule has 160 valence electrons. The molecule has 0 aliphatic rings. The van der Waals surface area contributed by atoms with Crippen LogP contribution in [0.1, 0.15) is 17.1 Å². The average Bonchev–Trinajstić information content (AvgIpc) is 3.48. The molecule has 0 saturated heterocycles. The quantitative estimate of drug-likeness (QED) is 0.425. The van der Waals surface area contributed by atoms with Gasteiger partial charge in [0, 0.05) is 11.8 Å². The summed E-state index contributed by atoms with van der Waals surface area (Å²) >= 11 is 0. The Morgan fingerprint density at radius 2 is 1.94 bits per heavy atom. The molecule has 0 aliphatic heterocycles. The highest BCUT2D eigenvalue weighted by Crippen LogP contribution is 2.20. The molecule has 0 atom stereocenters.